The fourth-order valence-electron chi connectivity index (χ4n) is 3.03. The summed E-state index contributed by atoms with van der Waals surface area (Å²) in [6.07, 6.45) is 3.67. The molecule has 0 amide bonds. The first kappa shape index (κ1) is 15.9. The van der Waals surface area contributed by atoms with Crippen LogP contribution in [0, 0.1) is 5.82 Å². The van der Waals surface area contributed by atoms with Gasteiger partial charge in [0.15, 0.2) is 0 Å². The molecule has 2 aromatic carbocycles. The highest BCUT2D eigenvalue weighted by atomic mass is 19.1. The number of carbonyl (C=O) groups is 1. The van der Waals surface area contributed by atoms with E-state index >= 15 is 0 Å². The Morgan fingerprint density at radius 3 is 2.42 bits per heavy atom. The fourth-order valence-corrected chi connectivity index (χ4v) is 3.03. The third kappa shape index (κ3) is 2.93. The maximum Gasteiger partial charge on any atom is 0.307 e. The minimum absolute atomic E-state index is 0.116. The molecule has 0 heterocycles. The molecule has 3 heteroatoms. The van der Waals surface area contributed by atoms with Crippen LogP contribution in [-0.2, 0) is 4.79 Å². The number of allylic oxidation sites excluding steroid dienone is 2. The number of benzene rings is 2. The third-order valence-electron chi connectivity index (χ3n) is 4.26. The summed E-state index contributed by atoms with van der Waals surface area (Å²) in [6.45, 7) is 5.63. The van der Waals surface area contributed by atoms with Crippen LogP contribution in [0.5, 0.6) is 0 Å². The number of hydrogen-bond acceptors (Lipinski definition) is 1. The molecule has 0 aromatic heterocycles. The van der Waals surface area contributed by atoms with Gasteiger partial charge in [0, 0.05) is 0 Å². The molecule has 1 N–H and O–H groups in total. The van der Waals surface area contributed by atoms with E-state index in [1.807, 2.05) is 37.3 Å². The van der Waals surface area contributed by atoms with Crippen LogP contribution in [-0.4, -0.2) is 11.1 Å². The van der Waals surface area contributed by atoms with Crippen LogP contribution in [0.1, 0.15) is 35.6 Å². The summed E-state index contributed by atoms with van der Waals surface area (Å²) in [6, 6.07) is 12.4. The summed E-state index contributed by atoms with van der Waals surface area (Å²) in [7, 11) is 0. The van der Waals surface area contributed by atoms with E-state index in [4.69, 9.17) is 5.11 Å². The average Bonchev–Trinajstić information content (AvgIpc) is 2.80. The highest BCUT2D eigenvalue weighted by Crippen LogP contribution is 2.43. The number of aliphatic carboxylic acids is 1. The Labute approximate surface area is 140 Å². The summed E-state index contributed by atoms with van der Waals surface area (Å²) in [5, 5.41) is 9.16. The van der Waals surface area contributed by atoms with Crippen LogP contribution >= 0.6 is 0 Å². The molecule has 0 aliphatic heterocycles. The predicted molar refractivity (Wildman–Crippen MR) is 95.7 cm³/mol. The second-order valence-electron chi connectivity index (χ2n) is 5.79. The maximum atomic E-state index is 13.6. The molecule has 1 aliphatic carbocycles. The Morgan fingerprint density at radius 1 is 1.12 bits per heavy atom. The van der Waals surface area contributed by atoms with Gasteiger partial charge in [-0.3, -0.25) is 4.79 Å². The number of carboxylic acids is 1. The summed E-state index contributed by atoms with van der Waals surface area (Å²) in [4.78, 5) is 11.2. The predicted octanol–water partition coefficient (Wildman–Crippen LogP) is 5.27. The van der Waals surface area contributed by atoms with Crippen LogP contribution in [0.15, 0.2) is 54.6 Å². The smallest absolute Gasteiger partial charge is 0.307 e. The number of hydrogen-bond donors (Lipinski definition) is 1. The van der Waals surface area contributed by atoms with Crippen molar-refractivity contribution in [3.63, 3.8) is 0 Å². The van der Waals surface area contributed by atoms with Crippen LogP contribution in [0.2, 0.25) is 0 Å². The van der Waals surface area contributed by atoms with Crippen molar-refractivity contribution in [2.24, 2.45) is 0 Å². The monoisotopic (exact) mass is 320 g/mol. The van der Waals surface area contributed by atoms with Gasteiger partial charge in [-0.25, -0.2) is 4.39 Å². The van der Waals surface area contributed by atoms with Crippen molar-refractivity contribution in [2.75, 3.05) is 0 Å². The molecule has 2 aromatic rings. The van der Waals surface area contributed by atoms with Gasteiger partial charge in [-0.1, -0.05) is 43.0 Å². The fraction of sp³-hybridized carbons (Fsp3) is 0.0952. The molecule has 3 rings (SSSR count). The van der Waals surface area contributed by atoms with E-state index in [9.17, 15) is 9.18 Å². The van der Waals surface area contributed by atoms with Crippen LogP contribution in [0.3, 0.4) is 0 Å². The molecule has 0 saturated heterocycles. The summed E-state index contributed by atoms with van der Waals surface area (Å²) in [5.74, 6) is -1.28. The lowest BCUT2D eigenvalue weighted by Gasteiger charge is -2.05. The molecule has 1 aliphatic rings. The van der Waals surface area contributed by atoms with Crippen LogP contribution in [0.25, 0.3) is 23.3 Å². The summed E-state index contributed by atoms with van der Waals surface area (Å²) in [5.41, 5.74) is 6.07. The number of fused-ring (bicyclic) bond motifs is 1. The topological polar surface area (TPSA) is 37.3 Å². The van der Waals surface area contributed by atoms with Crippen molar-refractivity contribution in [2.45, 2.75) is 13.3 Å². The molecule has 0 fully saturated rings. The van der Waals surface area contributed by atoms with Crippen molar-refractivity contribution in [3.8, 4) is 0 Å². The molecule has 0 unspecified atom stereocenters. The molecule has 120 valence electrons. The SMILES string of the molecule is C=Cc1ccc(/C=C2/C(C)=C(CC(=O)O)c3cc(F)ccc32)cc1. The zero-order valence-corrected chi connectivity index (χ0v) is 13.3. The van der Waals surface area contributed by atoms with E-state index in [2.05, 4.69) is 6.58 Å². The largest absolute Gasteiger partial charge is 0.481 e. The Kier molecular flexibility index (Phi) is 4.17. The number of rotatable bonds is 4. The second-order valence-corrected chi connectivity index (χ2v) is 5.79. The van der Waals surface area contributed by atoms with Gasteiger partial charge in [-0.15, -0.1) is 0 Å². The Hall–Kier alpha value is -2.94. The van der Waals surface area contributed by atoms with Gasteiger partial charge in [0.1, 0.15) is 5.82 Å². The average molecular weight is 320 g/mol. The normalized spacial score (nSPS) is 14.8. The van der Waals surface area contributed by atoms with Gasteiger partial charge in [0.25, 0.3) is 0 Å². The molecule has 0 radical (unpaired) electrons. The zero-order chi connectivity index (χ0) is 17.3. The second kappa shape index (κ2) is 6.28. The van der Waals surface area contributed by atoms with Gasteiger partial charge in [0.2, 0.25) is 0 Å². The van der Waals surface area contributed by atoms with Gasteiger partial charge in [-0.05, 0) is 64.1 Å². The van der Waals surface area contributed by atoms with Gasteiger partial charge in [0.05, 0.1) is 6.42 Å². The van der Waals surface area contributed by atoms with E-state index < -0.39 is 5.97 Å². The van der Waals surface area contributed by atoms with E-state index in [0.29, 0.717) is 11.1 Å². The van der Waals surface area contributed by atoms with Gasteiger partial charge >= 0.3 is 5.97 Å². The van der Waals surface area contributed by atoms with Crippen molar-refractivity contribution in [3.05, 3.63) is 82.7 Å². The highest BCUT2D eigenvalue weighted by molar-refractivity contribution is 6.07. The van der Waals surface area contributed by atoms with E-state index in [1.54, 1.807) is 12.1 Å². The molecule has 0 saturated carbocycles. The maximum absolute atomic E-state index is 13.6. The first-order valence-electron chi connectivity index (χ1n) is 7.66. The van der Waals surface area contributed by atoms with Crippen molar-refractivity contribution in [1.29, 1.82) is 0 Å². The lowest BCUT2D eigenvalue weighted by atomic mass is 10.00. The Morgan fingerprint density at radius 2 is 1.79 bits per heavy atom. The molecule has 24 heavy (non-hydrogen) atoms. The standard InChI is InChI=1S/C21H17FO2/c1-3-14-4-6-15(7-5-14)10-18-13(2)19(12-21(23)24)20-11-16(22)8-9-17(18)20/h3-11H,1,12H2,2H3,(H,23,24)/b18-10-. The van der Waals surface area contributed by atoms with Crippen molar-refractivity contribution >= 4 is 29.3 Å². The van der Waals surface area contributed by atoms with E-state index in [0.717, 1.165) is 27.8 Å². The lowest BCUT2D eigenvalue weighted by molar-refractivity contribution is -0.135. The van der Waals surface area contributed by atoms with Crippen molar-refractivity contribution < 1.29 is 14.3 Å². The zero-order valence-electron chi connectivity index (χ0n) is 13.3. The van der Waals surface area contributed by atoms with Crippen molar-refractivity contribution in [1.82, 2.24) is 0 Å². The first-order chi connectivity index (χ1) is 11.5. The molecule has 2 nitrogen and oxygen atoms in total. The van der Waals surface area contributed by atoms with E-state index in [-0.39, 0.29) is 12.2 Å². The summed E-state index contributed by atoms with van der Waals surface area (Å²) < 4.78 is 13.6. The Balaban J connectivity index is 2.13. The lowest BCUT2D eigenvalue weighted by Crippen LogP contribution is -1.97. The molecule has 0 spiro atoms. The minimum atomic E-state index is -0.920. The minimum Gasteiger partial charge on any atom is -0.481 e. The molecular weight excluding hydrogens is 303 g/mol. The molecular formula is C21H17FO2. The quantitative estimate of drug-likeness (QED) is 0.833. The van der Waals surface area contributed by atoms with E-state index in [1.165, 1.54) is 12.1 Å². The van der Waals surface area contributed by atoms with Gasteiger partial charge in [-0.2, -0.15) is 0 Å². The van der Waals surface area contributed by atoms with Crippen LogP contribution in [0.4, 0.5) is 4.39 Å². The molecule has 0 bridgehead atoms. The number of halogens is 1. The Bertz CT molecular complexity index is 887. The molecule has 0 atom stereocenters. The highest BCUT2D eigenvalue weighted by Gasteiger charge is 2.25. The van der Waals surface area contributed by atoms with Crippen LogP contribution < -0.4 is 0 Å². The van der Waals surface area contributed by atoms with Gasteiger partial charge < -0.3 is 5.11 Å². The first-order valence-corrected chi connectivity index (χ1v) is 7.66. The number of carboxylic acid groups (broad SMARTS) is 1. The summed E-state index contributed by atoms with van der Waals surface area (Å²) >= 11 is 0. The third-order valence-corrected chi connectivity index (χ3v) is 4.26.